The van der Waals surface area contributed by atoms with Crippen molar-refractivity contribution in [2.45, 2.75) is 18.9 Å². The fourth-order valence-electron chi connectivity index (χ4n) is 3.80. The van der Waals surface area contributed by atoms with E-state index in [1.54, 1.807) is 11.3 Å². The number of hydrogen-bond acceptors (Lipinski definition) is 5. The zero-order valence-corrected chi connectivity index (χ0v) is 15.2. The first kappa shape index (κ1) is 16.5. The van der Waals surface area contributed by atoms with Crippen LogP contribution >= 0.6 is 11.3 Å². The molecule has 6 heteroatoms. The van der Waals surface area contributed by atoms with E-state index in [0.717, 1.165) is 51.4 Å². The zero-order chi connectivity index (χ0) is 17.1. The van der Waals surface area contributed by atoms with Gasteiger partial charge in [-0.3, -0.25) is 9.69 Å². The lowest BCUT2D eigenvalue weighted by Gasteiger charge is -2.36. The number of aromatic nitrogens is 1. The maximum Gasteiger partial charge on any atom is 0.237 e. The highest BCUT2D eigenvalue weighted by molar-refractivity contribution is 7.10. The Hall–Kier alpha value is -1.92. The van der Waals surface area contributed by atoms with Crippen molar-refractivity contribution in [3.05, 3.63) is 46.8 Å². The van der Waals surface area contributed by atoms with Crippen molar-refractivity contribution >= 4 is 23.1 Å². The Morgan fingerprint density at radius 1 is 1.12 bits per heavy atom. The van der Waals surface area contributed by atoms with Gasteiger partial charge in [0.1, 0.15) is 5.82 Å². The zero-order valence-electron chi connectivity index (χ0n) is 14.4. The van der Waals surface area contributed by atoms with Gasteiger partial charge in [0.2, 0.25) is 5.91 Å². The molecule has 5 nitrogen and oxygen atoms in total. The molecule has 2 aliphatic heterocycles. The number of anilines is 1. The lowest BCUT2D eigenvalue weighted by atomic mass is 10.2. The fraction of sp³-hybridized carbons (Fsp3) is 0.474. The molecule has 1 amide bonds. The first-order valence-corrected chi connectivity index (χ1v) is 9.90. The Balaban J connectivity index is 1.32. The minimum absolute atomic E-state index is 0.280. The second-order valence-electron chi connectivity index (χ2n) is 6.71. The fourth-order valence-corrected chi connectivity index (χ4v) is 4.67. The molecule has 0 saturated carbocycles. The molecule has 0 spiro atoms. The predicted molar refractivity (Wildman–Crippen MR) is 101 cm³/mol. The lowest BCUT2D eigenvalue weighted by molar-refractivity contribution is -0.133. The number of rotatable bonds is 4. The van der Waals surface area contributed by atoms with Gasteiger partial charge in [-0.15, -0.1) is 11.3 Å². The molecule has 0 radical (unpaired) electrons. The van der Waals surface area contributed by atoms with Crippen molar-refractivity contribution in [3.8, 4) is 0 Å². The highest BCUT2D eigenvalue weighted by Crippen LogP contribution is 2.34. The summed E-state index contributed by atoms with van der Waals surface area (Å²) in [4.78, 5) is 25.3. The molecule has 132 valence electrons. The van der Waals surface area contributed by atoms with Crippen LogP contribution in [0.4, 0.5) is 5.82 Å². The molecule has 2 aromatic rings. The van der Waals surface area contributed by atoms with E-state index in [-0.39, 0.29) is 5.91 Å². The summed E-state index contributed by atoms with van der Waals surface area (Å²) in [5.41, 5.74) is 0. The first-order chi connectivity index (χ1) is 12.3. The minimum atomic E-state index is 0.280. The van der Waals surface area contributed by atoms with Crippen LogP contribution in [0.15, 0.2) is 41.9 Å². The van der Waals surface area contributed by atoms with E-state index in [0.29, 0.717) is 12.6 Å². The molecule has 2 saturated heterocycles. The average molecular weight is 356 g/mol. The molecule has 1 atom stereocenters. The number of carbonyl (C=O) groups is 1. The monoisotopic (exact) mass is 356 g/mol. The Morgan fingerprint density at radius 3 is 2.72 bits per heavy atom. The molecule has 1 unspecified atom stereocenters. The number of pyridine rings is 1. The van der Waals surface area contributed by atoms with Crippen molar-refractivity contribution in [3.63, 3.8) is 0 Å². The highest BCUT2D eigenvalue weighted by Gasteiger charge is 2.31. The van der Waals surface area contributed by atoms with Crippen LogP contribution in [0.1, 0.15) is 23.8 Å². The van der Waals surface area contributed by atoms with E-state index < -0.39 is 0 Å². The number of thiophene rings is 1. The van der Waals surface area contributed by atoms with Crippen molar-refractivity contribution in [2.24, 2.45) is 0 Å². The standard InChI is InChI=1S/C19H24N4OS/c24-19(23-9-3-5-16(23)17-6-4-14-25-17)15-21-10-12-22(13-11-21)18-7-1-2-8-20-18/h1-2,4,6-8,14,16H,3,5,9-13,15H2. The normalized spacial score (nSPS) is 21.7. The predicted octanol–water partition coefficient (Wildman–Crippen LogP) is 2.63. The second-order valence-corrected chi connectivity index (χ2v) is 7.69. The van der Waals surface area contributed by atoms with Crippen LogP contribution < -0.4 is 4.90 Å². The van der Waals surface area contributed by atoms with E-state index in [1.165, 1.54) is 4.88 Å². The van der Waals surface area contributed by atoms with Gasteiger partial charge >= 0.3 is 0 Å². The Morgan fingerprint density at radius 2 is 2.00 bits per heavy atom. The van der Waals surface area contributed by atoms with Crippen LogP contribution in [0, 0.1) is 0 Å². The summed E-state index contributed by atoms with van der Waals surface area (Å²) in [5, 5.41) is 2.10. The molecular formula is C19H24N4OS. The third-order valence-corrected chi connectivity index (χ3v) is 6.12. The summed E-state index contributed by atoms with van der Waals surface area (Å²) in [6.45, 7) is 5.13. The molecule has 0 aromatic carbocycles. The van der Waals surface area contributed by atoms with Gasteiger partial charge in [-0.1, -0.05) is 12.1 Å². The second kappa shape index (κ2) is 7.54. The summed E-state index contributed by atoms with van der Waals surface area (Å²) in [6.07, 6.45) is 4.05. The van der Waals surface area contributed by atoms with Crippen molar-refractivity contribution in [2.75, 3.05) is 44.2 Å². The number of piperazine rings is 1. The van der Waals surface area contributed by atoms with Gasteiger partial charge in [0.15, 0.2) is 0 Å². The number of nitrogens with zero attached hydrogens (tertiary/aromatic N) is 4. The quantitative estimate of drug-likeness (QED) is 0.844. The van der Waals surface area contributed by atoms with Gasteiger partial charge in [0.25, 0.3) is 0 Å². The maximum atomic E-state index is 12.8. The van der Waals surface area contributed by atoms with E-state index >= 15 is 0 Å². The molecule has 25 heavy (non-hydrogen) atoms. The molecule has 2 aliphatic rings. The van der Waals surface area contributed by atoms with Gasteiger partial charge in [-0.05, 0) is 36.4 Å². The van der Waals surface area contributed by atoms with Crippen LogP contribution in [0.5, 0.6) is 0 Å². The minimum Gasteiger partial charge on any atom is -0.354 e. The van der Waals surface area contributed by atoms with Crippen LogP contribution in [-0.2, 0) is 4.79 Å². The van der Waals surface area contributed by atoms with E-state index in [2.05, 4.69) is 43.3 Å². The van der Waals surface area contributed by atoms with Crippen LogP contribution in [0.3, 0.4) is 0 Å². The summed E-state index contributed by atoms with van der Waals surface area (Å²) in [7, 11) is 0. The van der Waals surface area contributed by atoms with E-state index in [4.69, 9.17) is 0 Å². The summed E-state index contributed by atoms with van der Waals surface area (Å²) >= 11 is 1.76. The molecule has 0 N–H and O–H groups in total. The van der Waals surface area contributed by atoms with E-state index in [1.807, 2.05) is 18.3 Å². The first-order valence-electron chi connectivity index (χ1n) is 9.02. The van der Waals surface area contributed by atoms with Crippen LogP contribution in [0.2, 0.25) is 0 Å². The third-order valence-electron chi connectivity index (χ3n) is 5.15. The Kier molecular flexibility index (Phi) is 4.99. The lowest BCUT2D eigenvalue weighted by Crippen LogP contribution is -2.50. The van der Waals surface area contributed by atoms with Crippen LogP contribution in [-0.4, -0.2) is 60.0 Å². The Bertz CT molecular complexity index is 683. The number of amides is 1. The number of hydrogen-bond donors (Lipinski definition) is 0. The largest absolute Gasteiger partial charge is 0.354 e. The molecular weight excluding hydrogens is 332 g/mol. The van der Waals surface area contributed by atoms with Gasteiger partial charge in [0, 0.05) is 43.8 Å². The van der Waals surface area contributed by atoms with Gasteiger partial charge in [0.05, 0.1) is 12.6 Å². The van der Waals surface area contributed by atoms with Gasteiger partial charge in [-0.25, -0.2) is 4.98 Å². The van der Waals surface area contributed by atoms with Gasteiger partial charge < -0.3 is 9.80 Å². The molecule has 0 aliphatic carbocycles. The highest BCUT2D eigenvalue weighted by atomic mass is 32.1. The maximum absolute atomic E-state index is 12.8. The van der Waals surface area contributed by atoms with Crippen molar-refractivity contribution in [1.82, 2.24) is 14.8 Å². The van der Waals surface area contributed by atoms with Crippen molar-refractivity contribution in [1.29, 1.82) is 0 Å². The summed E-state index contributed by atoms with van der Waals surface area (Å²) in [6, 6.07) is 10.6. The number of carbonyl (C=O) groups excluding carboxylic acids is 1. The summed E-state index contributed by atoms with van der Waals surface area (Å²) in [5.74, 6) is 1.31. The van der Waals surface area contributed by atoms with E-state index in [9.17, 15) is 4.79 Å². The summed E-state index contributed by atoms with van der Waals surface area (Å²) < 4.78 is 0. The van der Waals surface area contributed by atoms with Gasteiger partial charge in [-0.2, -0.15) is 0 Å². The van der Waals surface area contributed by atoms with Crippen LogP contribution in [0.25, 0.3) is 0 Å². The Labute approximate surface area is 152 Å². The SMILES string of the molecule is O=C(CN1CCN(c2ccccn2)CC1)N1CCCC1c1cccs1. The third kappa shape index (κ3) is 3.70. The average Bonchev–Trinajstić information content (AvgIpc) is 3.34. The number of likely N-dealkylation sites (tertiary alicyclic amines) is 1. The molecule has 2 aromatic heterocycles. The molecule has 2 fully saturated rings. The topological polar surface area (TPSA) is 39.7 Å². The molecule has 4 heterocycles. The molecule has 4 rings (SSSR count). The molecule has 0 bridgehead atoms. The van der Waals surface area contributed by atoms with Crippen molar-refractivity contribution < 1.29 is 4.79 Å². The smallest absolute Gasteiger partial charge is 0.237 e.